The van der Waals surface area contributed by atoms with Crippen LogP contribution in [0.25, 0.3) is 10.8 Å². The lowest BCUT2D eigenvalue weighted by Gasteiger charge is -2.34. The standard InChI is InChI=1S/C23H24N2O2/c26-23(18-27-21-10-2-1-3-11-21)25-15-13-24(14-16-25)17-20-9-6-8-19-7-4-5-12-22(19)20/h1-12H,13-18H2. The molecule has 27 heavy (non-hydrogen) atoms. The van der Waals surface area contributed by atoms with E-state index in [0.717, 1.165) is 38.5 Å². The van der Waals surface area contributed by atoms with Crippen LogP contribution in [-0.2, 0) is 11.3 Å². The molecule has 3 aromatic rings. The largest absolute Gasteiger partial charge is 0.484 e. The molecule has 0 spiro atoms. The Morgan fingerprint density at radius 3 is 2.33 bits per heavy atom. The lowest BCUT2D eigenvalue weighted by atomic mass is 10.0. The minimum absolute atomic E-state index is 0.0589. The molecule has 1 fully saturated rings. The first-order valence-electron chi connectivity index (χ1n) is 9.44. The molecule has 4 nitrogen and oxygen atoms in total. The Morgan fingerprint density at radius 2 is 1.52 bits per heavy atom. The Balaban J connectivity index is 1.30. The minimum Gasteiger partial charge on any atom is -0.484 e. The van der Waals surface area contributed by atoms with Gasteiger partial charge < -0.3 is 9.64 Å². The molecule has 3 aromatic carbocycles. The van der Waals surface area contributed by atoms with E-state index in [1.807, 2.05) is 35.2 Å². The number of ether oxygens (including phenoxy) is 1. The van der Waals surface area contributed by atoms with Gasteiger partial charge in [-0.05, 0) is 28.5 Å². The van der Waals surface area contributed by atoms with Crippen molar-refractivity contribution >= 4 is 16.7 Å². The SMILES string of the molecule is O=C(COc1ccccc1)N1CCN(Cc2cccc3ccccc23)CC1. The first kappa shape index (κ1) is 17.6. The zero-order chi connectivity index (χ0) is 18.5. The summed E-state index contributed by atoms with van der Waals surface area (Å²) in [5, 5.41) is 2.59. The van der Waals surface area contributed by atoms with Gasteiger partial charge in [0.15, 0.2) is 6.61 Å². The minimum atomic E-state index is 0.0589. The molecule has 1 aliphatic rings. The normalized spacial score (nSPS) is 15.0. The van der Waals surface area contributed by atoms with Crippen LogP contribution in [-0.4, -0.2) is 48.5 Å². The zero-order valence-electron chi connectivity index (χ0n) is 15.4. The van der Waals surface area contributed by atoms with E-state index in [4.69, 9.17) is 4.74 Å². The molecule has 0 N–H and O–H groups in total. The molecule has 1 amide bonds. The van der Waals surface area contributed by atoms with Gasteiger partial charge in [-0.25, -0.2) is 0 Å². The van der Waals surface area contributed by atoms with E-state index < -0.39 is 0 Å². The van der Waals surface area contributed by atoms with Crippen molar-refractivity contribution in [2.75, 3.05) is 32.8 Å². The highest BCUT2D eigenvalue weighted by Gasteiger charge is 2.21. The van der Waals surface area contributed by atoms with Crippen molar-refractivity contribution in [1.29, 1.82) is 0 Å². The van der Waals surface area contributed by atoms with E-state index in [0.29, 0.717) is 0 Å². The molecule has 1 aliphatic heterocycles. The van der Waals surface area contributed by atoms with Crippen LogP contribution in [0.1, 0.15) is 5.56 Å². The van der Waals surface area contributed by atoms with Crippen LogP contribution < -0.4 is 4.74 Å². The van der Waals surface area contributed by atoms with Gasteiger partial charge in [-0.1, -0.05) is 60.7 Å². The molecule has 0 saturated carbocycles. The molecular formula is C23H24N2O2. The molecule has 0 aromatic heterocycles. The third-order valence-electron chi connectivity index (χ3n) is 5.10. The highest BCUT2D eigenvalue weighted by atomic mass is 16.5. The van der Waals surface area contributed by atoms with Crippen LogP contribution in [0.2, 0.25) is 0 Å². The monoisotopic (exact) mass is 360 g/mol. The van der Waals surface area contributed by atoms with Gasteiger partial charge in [0.05, 0.1) is 0 Å². The smallest absolute Gasteiger partial charge is 0.260 e. The van der Waals surface area contributed by atoms with E-state index >= 15 is 0 Å². The number of carbonyl (C=O) groups is 1. The number of fused-ring (bicyclic) bond motifs is 1. The molecule has 1 heterocycles. The zero-order valence-corrected chi connectivity index (χ0v) is 15.4. The molecule has 138 valence electrons. The second-order valence-corrected chi connectivity index (χ2v) is 6.90. The quantitative estimate of drug-likeness (QED) is 0.697. The third kappa shape index (κ3) is 4.29. The second kappa shape index (κ2) is 8.23. The Labute approximate surface area is 160 Å². The number of benzene rings is 3. The third-order valence-corrected chi connectivity index (χ3v) is 5.10. The Kier molecular flexibility index (Phi) is 5.35. The van der Waals surface area contributed by atoms with E-state index in [2.05, 4.69) is 47.4 Å². The van der Waals surface area contributed by atoms with Gasteiger partial charge in [-0.15, -0.1) is 0 Å². The van der Waals surface area contributed by atoms with Gasteiger partial charge >= 0.3 is 0 Å². The number of hydrogen-bond donors (Lipinski definition) is 0. The topological polar surface area (TPSA) is 32.8 Å². The van der Waals surface area contributed by atoms with Gasteiger partial charge in [0.1, 0.15) is 5.75 Å². The fraction of sp³-hybridized carbons (Fsp3) is 0.261. The summed E-state index contributed by atoms with van der Waals surface area (Å²) in [6.07, 6.45) is 0. The summed E-state index contributed by atoms with van der Waals surface area (Å²) >= 11 is 0. The average molecular weight is 360 g/mol. The summed E-state index contributed by atoms with van der Waals surface area (Å²) in [7, 11) is 0. The Hall–Kier alpha value is -2.85. The number of amides is 1. The van der Waals surface area contributed by atoms with E-state index in [-0.39, 0.29) is 12.5 Å². The van der Waals surface area contributed by atoms with Gasteiger partial charge in [0.2, 0.25) is 0 Å². The maximum atomic E-state index is 12.4. The van der Waals surface area contributed by atoms with Crippen LogP contribution >= 0.6 is 0 Å². The maximum absolute atomic E-state index is 12.4. The highest BCUT2D eigenvalue weighted by molar-refractivity contribution is 5.85. The van der Waals surface area contributed by atoms with E-state index in [1.54, 1.807) is 0 Å². The summed E-state index contributed by atoms with van der Waals surface area (Å²) in [4.78, 5) is 16.7. The lowest BCUT2D eigenvalue weighted by Crippen LogP contribution is -2.49. The van der Waals surface area contributed by atoms with Gasteiger partial charge in [-0.3, -0.25) is 9.69 Å². The van der Waals surface area contributed by atoms with Crippen LogP contribution in [0, 0.1) is 0 Å². The summed E-state index contributed by atoms with van der Waals surface area (Å²) in [6, 6.07) is 24.5. The average Bonchev–Trinajstić information content (AvgIpc) is 2.74. The van der Waals surface area contributed by atoms with E-state index in [9.17, 15) is 4.79 Å². The molecule has 4 heteroatoms. The van der Waals surface area contributed by atoms with Crippen molar-refractivity contribution in [1.82, 2.24) is 9.80 Å². The van der Waals surface area contributed by atoms with Crippen LogP contribution in [0.4, 0.5) is 0 Å². The second-order valence-electron chi connectivity index (χ2n) is 6.90. The maximum Gasteiger partial charge on any atom is 0.260 e. The first-order valence-corrected chi connectivity index (χ1v) is 9.44. The fourth-order valence-electron chi connectivity index (χ4n) is 3.58. The number of nitrogens with zero attached hydrogens (tertiary/aromatic N) is 2. The van der Waals surface area contributed by atoms with Crippen molar-refractivity contribution in [3.63, 3.8) is 0 Å². The van der Waals surface area contributed by atoms with E-state index in [1.165, 1.54) is 16.3 Å². The molecule has 0 radical (unpaired) electrons. The number of hydrogen-bond acceptors (Lipinski definition) is 3. The Morgan fingerprint density at radius 1 is 0.815 bits per heavy atom. The predicted octanol–water partition coefficient (Wildman–Crippen LogP) is 3.56. The van der Waals surface area contributed by atoms with Gasteiger partial charge in [0.25, 0.3) is 5.91 Å². The molecule has 0 atom stereocenters. The number of carbonyl (C=O) groups excluding carboxylic acids is 1. The molecule has 0 unspecified atom stereocenters. The van der Waals surface area contributed by atoms with Crippen molar-refractivity contribution < 1.29 is 9.53 Å². The fourth-order valence-corrected chi connectivity index (χ4v) is 3.58. The molecular weight excluding hydrogens is 336 g/mol. The summed E-state index contributed by atoms with van der Waals surface area (Å²) in [5.41, 5.74) is 1.35. The molecule has 0 aliphatic carbocycles. The van der Waals surface area contributed by atoms with Crippen LogP contribution in [0.3, 0.4) is 0 Å². The molecule has 0 bridgehead atoms. The lowest BCUT2D eigenvalue weighted by molar-refractivity contribution is -0.135. The van der Waals surface area contributed by atoms with Crippen molar-refractivity contribution in [3.05, 3.63) is 78.4 Å². The highest BCUT2D eigenvalue weighted by Crippen LogP contribution is 2.20. The van der Waals surface area contributed by atoms with Crippen molar-refractivity contribution in [3.8, 4) is 5.75 Å². The molecule has 4 rings (SSSR count). The molecule has 1 saturated heterocycles. The summed E-state index contributed by atoms with van der Waals surface area (Å²) in [6.45, 7) is 4.31. The van der Waals surface area contributed by atoms with Crippen molar-refractivity contribution in [2.45, 2.75) is 6.54 Å². The van der Waals surface area contributed by atoms with Gasteiger partial charge in [-0.2, -0.15) is 0 Å². The first-order chi connectivity index (χ1) is 13.3. The van der Waals surface area contributed by atoms with Crippen LogP contribution in [0.15, 0.2) is 72.8 Å². The number of rotatable bonds is 5. The Bertz CT molecular complexity index is 897. The summed E-state index contributed by atoms with van der Waals surface area (Å²) < 4.78 is 5.59. The predicted molar refractivity (Wildman–Crippen MR) is 108 cm³/mol. The summed E-state index contributed by atoms with van der Waals surface area (Å²) in [5.74, 6) is 0.795. The number of para-hydroxylation sites is 1. The van der Waals surface area contributed by atoms with Crippen LogP contribution in [0.5, 0.6) is 5.75 Å². The van der Waals surface area contributed by atoms with Crippen molar-refractivity contribution in [2.24, 2.45) is 0 Å². The van der Waals surface area contributed by atoms with Gasteiger partial charge in [0, 0.05) is 32.7 Å². The number of piperazine rings is 1.